The molecule has 0 aromatic carbocycles. The molecule has 4 rings (SSSR count). The molecule has 2 heterocycles. The van der Waals surface area contributed by atoms with Gasteiger partial charge in [-0.05, 0) is 37.5 Å². The van der Waals surface area contributed by atoms with Gasteiger partial charge in [0.1, 0.15) is 0 Å². The van der Waals surface area contributed by atoms with Crippen LogP contribution in [0.5, 0.6) is 0 Å². The first-order chi connectivity index (χ1) is 8.90. The molecule has 102 valence electrons. The van der Waals surface area contributed by atoms with Crippen LogP contribution in [0, 0.1) is 11.8 Å². The molecule has 4 aliphatic rings. The minimum atomic E-state index is 0.729. The molecule has 0 N–H and O–H groups in total. The van der Waals surface area contributed by atoms with E-state index in [1.54, 1.807) is 6.42 Å². The molecule has 2 saturated heterocycles. The Balaban J connectivity index is 1.32. The highest BCUT2D eigenvalue weighted by atomic mass is 16.5. The predicted octanol–water partition coefficient (Wildman–Crippen LogP) is 1.58. The van der Waals surface area contributed by atoms with Crippen LogP contribution in [0.4, 0.5) is 0 Å². The fourth-order valence-corrected chi connectivity index (χ4v) is 4.90. The zero-order valence-corrected chi connectivity index (χ0v) is 11.4. The summed E-state index contributed by atoms with van der Waals surface area (Å²) in [6, 6.07) is 1.68. The highest BCUT2D eigenvalue weighted by molar-refractivity contribution is 4.96. The third kappa shape index (κ3) is 2.00. The molecule has 4 fully saturated rings. The molecule has 0 aromatic rings. The number of hydrogen-bond donors (Lipinski definition) is 0. The summed E-state index contributed by atoms with van der Waals surface area (Å²) in [7, 11) is 0. The fraction of sp³-hybridized carbons (Fsp3) is 1.00. The molecular weight excluding hydrogens is 224 g/mol. The van der Waals surface area contributed by atoms with Crippen LogP contribution >= 0.6 is 0 Å². The van der Waals surface area contributed by atoms with Crippen LogP contribution in [-0.2, 0) is 4.74 Å². The molecule has 18 heavy (non-hydrogen) atoms. The zero-order valence-electron chi connectivity index (χ0n) is 11.4. The van der Waals surface area contributed by atoms with Gasteiger partial charge in [-0.2, -0.15) is 0 Å². The highest BCUT2D eigenvalue weighted by Gasteiger charge is 2.43. The molecule has 4 unspecified atom stereocenters. The van der Waals surface area contributed by atoms with Crippen molar-refractivity contribution in [2.45, 2.75) is 44.2 Å². The minimum absolute atomic E-state index is 0.729. The van der Waals surface area contributed by atoms with Crippen LogP contribution in [0.1, 0.15) is 32.1 Å². The first-order valence-corrected chi connectivity index (χ1v) is 7.96. The molecule has 4 atom stereocenters. The second kappa shape index (κ2) is 4.77. The van der Waals surface area contributed by atoms with Crippen LogP contribution in [0.15, 0.2) is 0 Å². The van der Waals surface area contributed by atoms with Gasteiger partial charge in [-0.15, -0.1) is 0 Å². The first-order valence-electron chi connectivity index (χ1n) is 7.96. The molecule has 2 saturated carbocycles. The summed E-state index contributed by atoms with van der Waals surface area (Å²) in [6.07, 6.45) is 7.36. The molecule has 0 amide bonds. The smallest absolute Gasteiger partial charge is 0.0622 e. The van der Waals surface area contributed by atoms with Crippen molar-refractivity contribution in [3.8, 4) is 0 Å². The summed E-state index contributed by atoms with van der Waals surface area (Å²) in [5, 5.41) is 0. The van der Waals surface area contributed by atoms with Crippen molar-refractivity contribution in [3.05, 3.63) is 0 Å². The van der Waals surface area contributed by atoms with Gasteiger partial charge in [-0.1, -0.05) is 6.42 Å². The van der Waals surface area contributed by atoms with Crippen LogP contribution in [-0.4, -0.2) is 61.3 Å². The van der Waals surface area contributed by atoms with E-state index in [0.29, 0.717) is 0 Å². The topological polar surface area (TPSA) is 15.7 Å². The zero-order chi connectivity index (χ0) is 11.9. The largest absolute Gasteiger partial charge is 0.380 e. The van der Waals surface area contributed by atoms with Crippen molar-refractivity contribution >= 4 is 0 Å². The molecule has 2 bridgehead atoms. The van der Waals surface area contributed by atoms with E-state index < -0.39 is 0 Å². The van der Waals surface area contributed by atoms with Crippen molar-refractivity contribution in [1.29, 1.82) is 0 Å². The van der Waals surface area contributed by atoms with E-state index in [2.05, 4.69) is 9.80 Å². The Hall–Kier alpha value is -0.120. The van der Waals surface area contributed by atoms with Gasteiger partial charge >= 0.3 is 0 Å². The summed E-state index contributed by atoms with van der Waals surface area (Å²) in [5.74, 6) is 2.14. The molecule has 2 aliphatic carbocycles. The maximum absolute atomic E-state index is 5.52. The van der Waals surface area contributed by atoms with Gasteiger partial charge in [0, 0.05) is 44.9 Å². The third-order valence-electron chi connectivity index (χ3n) is 5.94. The van der Waals surface area contributed by atoms with E-state index >= 15 is 0 Å². The maximum atomic E-state index is 5.52. The third-order valence-corrected chi connectivity index (χ3v) is 5.94. The van der Waals surface area contributed by atoms with Gasteiger partial charge < -0.3 is 4.74 Å². The predicted molar refractivity (Wildman–Crippen MR) is 71.6 cm³/mol. The molecule has 3 nitrogen and oxygen atoms in total. The van der Waals surface area contributed by atoms with Crippen molar-refractivity contribution < 1.29 is 4.74 Å². The Labute approximate surface area is 110 Å². The lowest BCUT2D eigenvalue weighted by Gasteiger charge is -2.42. The van der Waals surface area contributed by atoms with Crippen LogP contribution < -0.4 is 0 Å². The van der Waals surface area contributed by atoms with Crippen LogP contribution in [0.2, 0.25) is 0 Å². The van der Waals surface area contributed by atoms with Gasteiger partial charge in [0.2, 0.25) is 0 Å². The Morgan fingerprint density at radius 2 is 1.67 bits per heavy atom. The van der Waals surface area contributed by atoms with E-state index in [1.165, 1.54) is 51.9 Å². The normalized spacial score (nSPS) is 46.0. The van der Waals surface area contributed by atoms with Gasteiger partial charge in [0.15, 0.2) is 0 Å². The van der Waals surface area contributed by atoms with Crippen molar-refractivity contribution in [3.63, 3.8) is 0 Å². The van der Waals surface area contributed by atoms with E-state index in [4.69, 9.17) is 4.74 Å². The van der Waals surface area contributed by atoms with Crippen molar-refractivity contribution in [2.75, 3.05) is 39.4 Å². The monoisotopic (exact) mass is 250 g/mol. The average molecular weight is 250 g/mol. The van der Waals surface area contributed by atoms with E-state index in [1.807, 2.05) is 0 Å². The minimum Gasteiger partial charge on any atom is -0.380 e. The SMILES string of the molecule is C1CC(N2CCN(C3CC4CCC3C4)CC2)CO1. The quantitative estimate of drug-likeness (QED) is 0.740. The molecular formula is C15H26N2O. The fourth-order valence-electron chi connectivity index (χ4n) is 4.90. The van der Waals surface area contributed by atoms with Crippen molar-refractivity contribution in [1.82, 2.24) is 9.80 Å². The second-order valence-corrected chi connectivity index (χ2v) is 6.83. The molecule has 0 spiro atoms. The number of piperazine rings is 1. The summed E-state index contributed by atoms with van der Waals surface area (Å²) < 4.78 is 5.52. The van der Waals surface area contributed by atoms with Crippen LogP contribution in [0.3, 0.4) is 0 Å². The summed E-state index contributed by atoms with van der Waals surface area (Å²) >= 11 is 0. The van der Waals surface area contributed by atoms with Crippen LogP contribution in [0.25, 0.3) is 0 Å². The second-order valence-electron chi connectivity index (χ2n) is 6.83. The Morgan fingerprint density at radius 3 is 2.28 bits per heavy atom. The number of hydrogen-bond acceptors (Lipinski definition) is 3. The highest BCUT2D eigenvalue weighted by Crippen LogP contribution is 2.46. The Kier molecular flexibility index (Phi) is 3.10. The summed E-state index contributed by atoms with van der Waals surface area (Å²) in [4.78, 5) is 5.49. The van der Waals surface area contributed by atoms with E-state index in [-0.39, 0.29) is 0 Å². The lowest BCUT2D eigenvalue weighted by molar-refractivity contribution is 0.0463. The van der Waals surface area contributed by atoms with Gasteiger partial charge in [0.25, 0.3) is 0 Å². The van der Waals surface area contributed by atoms with Gasteiger partial charge in [0.05, 0.1) is 6.61 Å². The molecule has 2 aliphatic heterocycles. The summed E-state index contributed by atoms with van der Waals surface area (Å²) in [5.41, 5.74) is 0. The maximum Gasteiger partial charge on any atom is 0.0622 e. The molecule has 3 heteroatoms. The number of ether oxygens (including phenoxy) is 1. The average Bonchev–Trinajstić information content (AvgIpc) is 3.16. The van der Waals surface area contributed by atoms with E-state index in [0.717, 1.165) is 37.1 Å². The van der Waals surface area contributed by atoms with Gasteiger partial charge in [-0.25, -0.2) is 0 Å². The lowest BCUT2D eigenvalue weighted by atomic mass is 9.93. The lowest BCUT2D eigenvalue weighted by Crippen LogP contribution is -2.54. The molecule has 0 aromatic heterocycles. The van der Waals surface area contributed by atoms with Crippen molar-refractivity contribution in [2.24, 2.45) is 11.8 Å². The van der Waals surface area contributed by atoms with E-state index in [9.17, 15) is 0 Å². The summed E-state index contributed by atoms with van der Waals surface area (Å²) in [6.45, 7) is 7.14. The molecule has 0 radical (unpaired) electrons. The van der Waals surface area contributed by atoms with Gasteiger partial charge in [-0.3, -0.25) is 9.80 Å². The standard InChI is InChI=1S/C15H26N2O/c1-2-13-9-12(1)10-15(13)17-6-4-16(5-7-17)14-3-8-18-11-14/h12-15H,1-11H2. The Bertz CT molecular complexity index is 295. The number of fused-ring (bicyclic) bond motifs is 2. The first kappa shape index (κ1) is 11.7. The number of nitrogens with zero attached hydrogens (tertiary/aromatic N) is 2. The Morgan fingerprint density at radius 1 is 0.833 bits per heavy atom. The number of rotatable bonds is 2.